The van der Waals surface area contributed by atoms with Gasteiger partial charge in [0.1, 0.15) is 0 Å². The van der Waals surface area contributed by atoms with Gasteiger partial charge in [0.05, 0.1) is 5.97 Å². The van der Waals surface area contributed by atoms with E-state index in [9.17, 15) is 9.90 Å². The van der Waals surface area contributed by atoms with Gasteiger partial charge in [0, 0.05) is 5.41 Å². The van der Waals surface area contributed by atoms with Crippen LogP contribution in [-0.2, 0) is 5.41 Å². The molecule has 1 aliphatic carbocycles. The molecule has 0 N–H and O–H groups in total. The van der Waals surface area contributed by atoms with E-state index in [0.717, 1.165) is 11.1 Å². The van der Waals surface area contributed by atoms with Crippen LogP contribution in [0.4, 0.5) is 0 Å². The number of carboxylic acid groups (broad SMARTS) is 1. The number of carboxylic acids is 1. The summed E-state index contributed by atoms with van der Waals surface area (Å²) < 4.78 is 0. The number of rotatable bonds is 3. The first-order valence-corrected chi connectivity index (χ1v) is 10.0. The molecule has 32 heavy (non-hydrogen) atoms. The Morgan fingerprint density at radius 1 is 0.719 bits per heavy atom. The molecule has 0 unspecified atom stereocenters. The second kappa shape index (κ2) is 9.19. The predicted molar refractivity (Wildman–Crippen MR) is 116 cm³/mol. The van der Waals surface area contributed by atoms with Crippen molar-refractivity contribution in [3.8, 4) is 11.1 Å². The number of carbonyl (C=O) groups excluding carboxylic acids is 1. The molecule has 4 heteroatoms. The summed E-state index contributed by atoms with van der Waals surface area (Å²) in [5.74, 6) is -1.16. The van der Waals surface area contributed by atoms with Gasteiger partial charge in [-0.05, 0) is 47.2 Å². The van der Waals surface area contributed by atoms with Crippen molar-refractivity contribution in [1.29, 1.82) is 0 Å². The topological polar surface area (TPSA) is 40.1 Å². The average Bonchev–Trinajstić information content (AvgIpc) is 3.04. The Morgan fingerprint density at radius 3 is 1.66 bits per heavy atom. The van der Waals surface area contributed by atoms with Crippen molar-refractivity contribution in [3.63, 3.8) is 0 Å². The van der Waals surface area contributed by atoms with Crippen LogP contribution >= 0.6 is 0 Å². The van der Waals surface area contributed by atoms with E-state index in [1.807, 2.05) is 24.3 Å². The standard InChI is InChI=1S/C28H21O2.2Li/c1-18-8-14-23-24-15-9-19(2)17-26(24)28(25(23)16-18,21-6-4-3-5-7-21)22-12-10-20(11-13-22)27(29)30;;/h4-17H,1-2H3,(H,29,30);;/q-1;2*+1/p-1. The third kappa shape index (κ3) is 3.59. The Labute approximate surface area is 213 Å². The molecule has 0 heterocycles. The Kier molecular flexibility index (Phi) is 6.95. The predicted octanol–water partition coefficient (Wildman–Crippen LogP) is -1.16. The van der Waals surface area contributed by atoms with E-state index in [1.165, 1.54) is 33.4 Å². The summed E-state index contributed by atoms with van der Waals surface area (Å²) in [5, 5.41) is 11.4. The molecular formula is C28H20Li2O2. The molecule has 146 valence electrons. The maximum atomic E-state index is 11.4. The normalized spacial score (nSPS) is 12.7. The van der Waals surface area contributed by atoms with Gasteiger partial charge < -0.3 is 9.90 Å². The maximum absolute atomic E-state index is 11.4. The summed E-state index contributed by atoms with van der Waals surface area (Å²) in [5.41, 5.74) is 9.08. The monoisotopic (exact) mass is 402 g/mol. The van der Waals surface area contributed by atoms with Crippen LogP contribution in [0, 0.1) is 19.9 Å². The van der Waals surface area contributed by atoms with Crippen molar-refractivity contribution in [3.05, 3.63) is 130 Å². The van der Waals surface area contributed by atoms with Crippen molar-refractivity contribution >= 4 is 5.97 Å². The van der Waals surface area contributed by atoms with Crippen LogP contribution in [-0.4, -0.2) is 5.97 Å². The zero-order valence-electron chi connectivity index (χ0n) is 18.9. The molecule has 5 rings (SSSR count). The fraction of sp³-hybridized carbons (Fsp3) is 0.107. The summed E-state index contributed by atoms with van der Waals surface area (Å²) in [7, 11) is 0. The van der Waals surface area contributed by atoms with Crippen LogP contribution in [0.1, 0.15) is 43.7 Å². The molecule has 2 nitrogen and oxygen atoms in total. The number of fused-ring (bicyclic) bond motifs is 3. The minimum atomic E-state index is -1.16. The molecule has 0 spiro atoms. The number of hydrogen-bond acceptors (Lipinski definition) is 2. The third-order valence-corrected chi connectivity index (χ3v) is 6.15. The van der Waals surface area contributed by atoms with Crippen molar-refractivity contribution < 1.29 is 47.6 Å². The number of benzene rings is 4. The van der Waals surface area contributed by atoms with Crippen molar-refractivity contribution in [2.24, 2.45) is 0 Å². The van der Waals surface area contributed by atoms with E-state index in [-0.39, 0.29) is 43.3 Å². The summed E-state index contributed by atoms with van der Waals surface area (Å²) >= 11 is 0. The van der Waals surface area contributed by atoms with Gasteiger partial charge in [-0.2, -0.15) is 30.3 Å². The summed E-state index contributed by atoms with van der Waals surface area (Å²) in [6.07, 6.45) is 0. The van der Waals surface area contributed by atoms with E-state index in [4.69, 9.17) is 0 Å². The largest absolute Gasteiger partial charge is 1.00 e. The molecule has 0 saturated carbocycles. The Morgan fingerprint density at radius 2 is 1.19 bits per heavy atom. The number of hydrogen-bond donors (Lipinski definition) is 0. The van der Waals surface area contributed by atoms with Gasteiger partial charge in [-0.3, -0.25) is 0 Å². The van der Waals surface area contributed by atoms with E-state index in [2.05, 4.69) is 68.4 Å². The third-order valence-electron chi connectivity index (χ3n) is 6.15. The van der Waals surface area contributed by atoms with Crippen molar-refractivity contribution in [2.45, 2.75) is 19.3 Å². The number of carbonyl (C=O) groups is 1. The first-order chi connectivity index (χ1) is 14.5. The summed E-state index contributed by atoms with van der Waals surface area (Å²) in [4.78, 5) is 11.4. The van der Waals surface area contributed by atoms with Crippen LogP contribution in [0.2, 0.25) is 0 Å². The number of aromatic carboxylic acids is 1. The fourth-order valence-electron chi connectivity index (χ4n) is 4.83. The molecular weight excluding hydrogens is 382 g/mol. The zero-order chi connectivity index (χ0) is 20.9. The average molecular weight is 402 g/mol. The van der Waals surface area contributed by atoms with Crippen molar-refractivity contribution in [1.82, 2.24) is 0 Å². The Balaban J connectivity index is 0.00000144. The summed E-state index contributed by atoms with van der Waals surface area (Å²) in [6.45, 7) is 4.22. The molecule has 0 aliphatic heterocycles. The van der Waals surface area contributed by atoms with Gasteiger partial charge in [-0.25, -0.2) is 0 Å². The number of aryl methyl sites for hydroxylation is 2. The Bertz CT molecular complexity index is 1230. The maximum Gasteiger partial charge on any atom is 1.00 e. The van der Waals surface area contributed by atoms with Gasteiger partial charge in [0.2, 0.25) is 0 Å². The van der Waals surface area contributed by atoms with Gasteiger partial charge in [-0.1, -0.05) is 71.8 Å². The first kappa shape index (κ1) is 24.2. The first-order valence-electron chi connectivity index (χ1n) is 10.0. The molecule has 4 aromatic rings. The molecule has 0 radical (unpaired) electrons. The quantitative estimate of drug-likeness (QED) is 0.282. The molecule has 0 fully saturated rings. The van der Waals surface area contributed by atoms with Crippen LogP contribution in [0.3, 0.4) is 0 Å². The van der Waals surface area contributed by atoms with Crippen LogP contribution in [0.5, 0.6) is 0 Å². The summed E-state index contributed by atoms with van der Waals surface area (Å²) in [6, 6.07) is 31.6. The molecule has 0 atom stereocenters. The second-order valence-electron chi connectivity index (χ2n) is 8.00. The fourth-order valence-corrected chi connectivity index (χ4v) is 4.83. The SMILES string of the molecule is Cc1ccc2c(c1)C(c1cc[c-]cc1)(c1ccc(C(=O)[O-])cc1)c1cc(C)ccc1-2.[Li+].[Li+]. The van der Waals surface area contributed by atoms with Gasteiger partial charge in [-0.15, -0.1) is 5.56 Å². The van der Waals surface area contributed by atoms with Gasteiger partial charge >= 0.3 is 37.7 Å². The smallest absolute Gasteiger partial charge is 0.545 e. The van der Waals surface area contributed by atoms with Gasteiger partial charge in [0.25, 0.3) is 0 Å². The van der Waals surface area contributed by atoms with E-state index in [0.29, 0.717) is 0 Å². The minimum Gasteiger partial charge on any atom is -0.545 e. The second-order valence-corrected chi connectivity index (χ2v) is 8.00. The molecule has 0 saturated heterocycles. The molecule has 4 aromatic carbocycles. The Hall–Kier alpha value is -2.46. The minimum absolute atomic E-state index is 0. The molecule has 0 aromatic heterocycles. The van der Waals surface area contributed by atoms with Crippen LogP contribution in [0.15, 0.2) is 84.9 Å². The van der Waals surface area contributed by atoms with E-state index in [1.54, 1.807) is 12.1 Å². The van der Waals surface area contributed by atoms with Gasteiger partial charge in [0.15, 0.2) is 0 Å². The van der Waals surface area contributed by atoms with E-state index >= 15 is 0 Å². The molecule has 0 amide bonds. The van der Waals surface area contributed by atoms with Crippen LogP contribution in [0.25, 0.3) is 11.1 Å². The van der Waals surface area contributed by atoms with Crippen LogP contribution < -0.4 is 42.8 Å². The van der Waals surface area contributed by atoms with Crippen molar-refractivity contribution in [2.75, 3.05) is 0 Å². The van der Waals surface area contributed by atoms with E-state index < -0.39 is 11.4 Å². The molecule has 1 aliphatic rings. The zero-order valence-corrected chi connectivity index (χ0v) is 18.9. The molecule has 0 bridgehead atoms.